The summed E-state index contributed by atoms with van der Waals surface area (Å²) in [7, 11) is 3.17. The molecule has 0 unspecified atom stereocenters. The van der Waals surface area contributed by atoms with E-state index in [0.29, 0.717) is 35.9 Å². The standard InChI is InChI=1S/C26H23FN2O4S/c1-32-20-8-3-5-17(13-20)16-28-23-10-9-21(33-2)15-22(23)26(25(28)31)29(11-12-34-26)24(30)18-6-4-7-19(27)14-18/h3-10,13-15H,11-12,16H2,1-2H3/t26-/m1/s1. The van der Waals surface area contributed by atoms with Crippen LogP contribution in [0.4, 0.5) is 10.1 Å². The third-order valence-corrected chi connectivity index (χ3v) is 7.61. The number of carbonyl (C=O) groups is 2. The van der Waals surface area contributed by atoms with Gasteiger partial charge in [0.15, 0.2) is 4.87 Å². The lowest BCUT2D eigenvalue weighted by atomic mass is 10.0. The lowest BCUT2D eigenvalue weighted by molar-refractivity contribution is -0.123. The summed E-state index contributed by atoms with van der Waals surface area (Å²) in [6.45, 7) is 0.690. The molecule has 0 radical (unpaired) electrons. The van der Waals surface area contributed by atoms with Gasteiger partial charge in [-0.25, -0.2) is 4.39 Å². The van der Waals surface area contributed by atoms with Gasteiger partial charge in [-0.3, -0.25) is 9.59 Å². The highest BCUT2D eigenvalue weighted by Gasteiger charge is 2.59. The van der Waals surface area contributed by atoms with Crippen LogP contribution in [0.2, 0.25) is 0 Å². The molecule has 2 heterocycles. The number of carbonyl (C=O) groups excluding carboxylic acids is 2. The van der Waals surface area contributed by atoms with Gasteiger partial charge in [0.2, 0.25) is 0 Å². The molecule has 5 rings (SSSR count). The first-order chi connectivity index (χ1) is 16.5. The molecule has 3 aromatic carbocycles. The van der Waals surface area contributed by atoms with Gasteiger partial charge in [-0.1, -0.05) is 18.2 Å². The van der Waals surface area contributed by atoms with Gasteiger partial charge in [0.05, 0.1) is 26.5 Å². The van der Waals surface area contributed by atoms with E-state index in [1.54, 1.807) is 30.1 Å². The Labute approximate surface area is 201 Å². The van der Waals surface area contributed by atoms with Crippen LogP contribution in [0.3, 0.4) is 0 Å². The van der Waals surface area contributed by atoms with Crippen molar-refractivity contribution in [3.63, 3.8) is 0 Å². The first-order valence-corrected chi connectivity index (χ1v) is 11.8. The molecule has 1 spiro atoms. The maximum absolute atomic E-state index is 14.1. The van der Waals surface area contributed by atoms with Crippen LogP contribution in [-0.4, -0.2) is 43.2 Å². The first-order valence-electron chi connectivity index (χ1n) is 10.8. The Bertz CT molecular complexity index is 1280. The van der Waals surface area contributed by atoms with Crippen LogP contribution in [-0.2, 0) is 16.2 Å². The van der Waals surface area contributed by atoms with Crippen molar-refractivity contribution in [2.75, 3.05) is 31.4 Å². The smallest absolute Gasteiger partial charge is 0.268 e. The van der Waals surface area contributed by atoms with E-state index in [9.17, 15) is 14.0 Å². The molecule has 34 heavy (non-hydrogen) atoms. The van der Waals surface area contributed by atoms with Gasteiger partial charge < -0.3 is 19.3 Å². The van der Waals surface area contributed by atoms with Crippen molar-refractivity contribution >= 4 is 29.3 Å². The largest absolute Gasteiger partial charge is 0.497 e. The number of ether oxygens (including phenoxy) is 2. The molecule has 0 saturated carbocycles. The van der Waals surface area contributed by atoms with Crippen molar-refractivity contribution in [3.8, 4) is 11.5 Å². The van der Waals surface area contributed by atoms with Crippen molar-refractivity contribution in [2.45, 2.75) is 11.4 Å². The van der Waals surface area contributed by atoms with Crippen LogP contribution in [0.15, 0.2) is 66.7 Å². The molecule has 0 N–H and O–H groups in total. The second kappa shape index (κ2) is 8.68. The molecule has 2 aliphatic rings. The van der Waals surface area contributed by atoms with Crippen LogP contribution in [0.25, 0.3) is 0 Å². The van der Waals surface area contributed by atoms with E-state index in [2.05, 4.69) is 0 Å². The summed E-state index contributed by atoms with van der Waals surface area (Å²) in [6.07, 6.45) is 0. The quantitative estimate of drug-likeness (QED) is 0.543. The number of nitrogens with zero attached hydrogens (tertiary/aromatic N) is 2. The van der Waals surface area contributed by atoms with Gasteiger partial charge in [-0.2, -0.15) is 0 Å². The fraction of sp³-hybridized carbons (Fsp3) is 0.231. The van der Waals surface area contributed by atoms with Crippen molar-refractivity contribution in [1.29, 1.82) is 0 Å². The molecule has 1 atom stereocenters. The minimum atomic E-state index is -1.24. The molecular formula is C26H23FN2O4S. The van der Waals surface area contributed by atoms with E-state index in [4.69, 9.17) is 9.47 Å². The van der Waals surface area contributed by atoms with Gasteiger partial charge in [0.25, 0.3) is 11.8 Å². The van der Waals surface area contributed by atoms with Crippen LogP contribution in [0, 0.1) is 5.82 Å². The summed E-state index contributed by atoms with van der Waals surface area (Å²) in [5.74, 6) is 0.801. The molecule has 1 fully saturated rings. The number of hydrogen-bond acceptors (Lipinski definition) is 5. The summed E-state index contributed by atoms with van der Waals surface area (Å²) in [5.41, 5.74) is 2.54. The predicted molar refractivity (Wildman–Crippen MR) is 129 cm³/mol. The van der Waals surface area contributed by atoms with Gasteiger partial charge >= 0.3 is 0 Å². The minimum absolute atomic E-state index is 0.203. The second-order valence-corrected chi connectivity index (χ2v) is 9.37. The average Bonchev–Trinajstić information content (AvgIpc) is 3.40. The maximum Gasteiger partial charge on any atom is 0.268 e. The number of anilines is 1. The van der Waals surface area contributed by atoms with Crippen molar-refractivity contribution in [3.05, 3.63) is 89.2 Å². The average molecular weight is 479 g/mol. The van der Waals surface area contributed by atoms with E-state index < -0.39 is 10.7 Å². The van der Waals surface area contributed by atoms with Crippen LogP contribution < -0.4 is 14.4 Å². The molecule has 1 saturated heterocycles. The second-order valence-electron chi connectivity index (χ2n) is 8.09. The lowest BCUT2D eigenvalue weighted by Gasteiger charge is -2.33. The third-order valence-electron chi connectivity index (χ3n) is 6.19. The van der Waals surface area contributed by atoms with E-state index >= 15 is 0 Å². The topological polar surface area (TPSA) is 59.1 Å². The molecule has 0 aromatic heterocycles. The molecular weight excluding hydrogens is 455 g/mol. The van der Waals surface area contributed by atoms with Crippen LogP contribution >= 0.6 is 11.8 Å². The lowest BCUT2D eigenvalue weighted by Crippen LogP contribution is -2.50. The van der Waals surface area contributed by atoms with Crippen LogP contribution in [0.5, 0.6) is 11.5 Å². The number of rotatable bonds is 5. The molecule has 8 heteroatoms. The van der Waals surface area contributed by atoms with E-state index in [0.717, 1.165) is 11.3 Å². The SMILES string of the molecule is COc1cccc(CN2C(=O)[C@]3(SCCN3C(=O)c3cccc(F)c3)c3cc(OC)ccc32)c1. The van der Waals surface area contributed by atoms with E-state index in [1.807, 2.05) is 42.5 Å². The Morgan fingerprint density at radius 1 is 1.03 bits per heavy atom. The maximum atomic E-state index is 14.1. The van der Waals surface area contributed by atoms with Crippen molar-refractivity contribution in [2.24, 2.45) is 0 Å². The monoisotopic (exact) mass is 478 g/mol. The highest BCUT2D eigenvalue weighted by molar-refractivity contribution is 8.01. The highest BCUT2D eigenvalue weighted by atomic mass is 32.2. The molecule has 3 aromatic rings. The highest BCUT2D eigenvalue weighted by Crippen LogP contribution is 2.55. The molecule has 2 amide bonds. The normalized spacial score (nSPS) is 19.0. The van der Waals surface area contributed by atoms with Crippen LogP contribution in [0.1, 0.15) is 21.5 Å². The predicted octanol–water partition coefficient (Wildman–Crippen LogP) is 4.43. The summed E-state index contributed by atoms with van der Waals surface area (Å²) in [4.78, 5) is 29.7. The Hall–Kier alpha value is -3.52. The summed E-state index contributed by atoms with van der Waals surface area (Å²) >= 11 is 1.42. The van der Waals surface area contributed by atoms with Gasteiger partial charge in [0, 0.05) is 23.4 Å². The number of hydrogen-bond donors (Lipinski definition) is 0. The Morgan fingerprint density at radius 2 is 1.79 bits per heavy atom. The zero-order valence-electron chi connectivity index (χ0n) is 18.8. The zero-order chi connectivity index (χ0) is 23.9. The van der Waals surface area contributed by atoms with Gasteiger partial charge in [-0.05, 0) is 54.1 Å². The summed E-state index contributed by atoms with van der Waals surface area (Å²) < 4.78 is 24.7. The minimum Gasteiger partial charge on any atom is -0.497 e. The summed E-state index contributed by atoms with van der Waals surface area (Å²) in [5, 5.41) is 0. The number of fused-ring (bicyclic) bond motifs is 2. The van der Waals surface area contributed by atoms with Crippen molar-refractivity contribution in [1.82, 2.24) is 4.90 Å². The molecule has 0 aliphatic carbocycles. The van der Waals surface area contributed by atoms with Gasteiger partial charge in [0.1, 0.15) is 17.3 Å². The number of methoxy groups -OCH3 is 2. The molecule has 174 valence electrons. The number of thioether (sulfide) groups is 1. The number of benzene rings is 3. The third kappa shape index (κ3) is 3.49. The summed E-state index contributed by atoms with van der Waals surface area (Å²) in [6, 6.07) is 18.6. The Morgan fingerprint density at radius 3 is 2.56 bits per heavy atom. The van der Waals surface area contributed by atoms with E-state index in [-0.39, 0.29) is 17.4 Å². The molecule has 0 bridgehead atoms. The van der Waals surface area contributed by atoms with E-state index in [1.165, 1.54) is 30.0 Å². The van der Waals surface area contributed by atoms with Crippen molar-refractivity contribution < 1.29 is 23.5 Å². The number of halogens is 1. The Kier molecular flexibility index (Phi) is 5.69. The van der Waals surface area contributed by atoms with Gasteiger partial charge in [-0.15, -0.1) is 11.8 Å². The Balaban J connectivity index is 1.60. The first kappa shape index (κ1) is 22.3. The number of amides is 2. The fourth-order valence-corrected chi connectivity index (χ4v) is 6.06. The molecule has 6 nitrogen and oxygen atoms in total. The molecule has 2 aliphatic heterocycles. The fourth-order valence-electron chi connectivity index (χ4n) is 4.61. The zero-order valence-corrected chi connectivity index (χ0v) is 19.6.